The molecule has 0 saturated carbocycles. The second kappa shape index (κ2) is 5.48. The molecule has 0 aliphatic carbocycles. The van der Waals surface area contributed by atoms with Crippen LogP contribution >= 0.6 is 0 Å². The van der Waals surface area contributed by atoms with Gasteiger partial charge >= 0.3 is 6.09 Å². The van der Waals surface area contributed by atoms with Crippen molar-refractivity contribution in [2.75, 3.05) is 18.4 Å². The zero-order valence-electron chi connectivity index (χ0n) is 11.5. The lowest BCUT2D eigenvalue weighted by Crippen LogP contribution is -2.50. The van der Waals surface area contributed by atoms with Gasteiger partial charge in [-0.1, -0.05) is 6.07 Å². The van der Waals surface area contributed by atoms with E-state index < -0.39 is 11.7 Å². The fraction of sp³-hybridized carbons (Fsp3) is 0.500. The van der Waals surface area contributed by atoms with E-state index in [9.17, 15) is 4.79 Å². The number of hydrogen-bond donors (Lipinski definition) is 2. The highest BCUT2D eigenvalue weighted by Gasteiger charge is 2.19. The first kappa shape index (κ1) is 13.7. The number of benzene rings is 1. The number of amides is 1. The van der Waals surface area contributed by atoms with Crippen LogP contribution in [-0.2, 0) is 4.74 Å². The van der Waals surface area contributed by atoms with Crippen LogP contribution in [0.3, 0.4) is 0 Å². The molecule has 0 unspecified atom stereocenters. The molecule has 0 atom stereocenters. The normalized spacial score (nSPS) is 15.5. The Bertz CT molecular complexity index is 450. The summed E-state index contributed by atoms with van der Waals surface area (Å²) in [5.41, 5.74) is 0.162. The van der Waals surface area contributed by atoms with Crippen LogP contribution in [-0.4, -0.2) is 30.9 Å². The summed E-state index contributed by atoms with van der Waals surface area (Å²) in [6, 6.07) is 7.31. The van der Waals surface area contributed by atoms with E-state index in [1.165, 1.54) is 0 Å². The molecule has 1 heterocycles. The lowest BCUT2D eigenvalue weighted by atomic mass is 10.2. The Labute approximate surface area is 113 Å². The second-order valence-electron chi connectivity index (χ2n) is 5.55. The summed E-state index contributed by atoms with van der Waals surface area (Å²) in [4.78, 5) is 11.6. The van der Waals surface area contributed by atoms with Gasteiger partial charge in [0, 0.05) is 24.8 Å². The van der Waals surface area contributed by atoms with Crippen LogP contribution in [0.2, 0.25) is 0 Å². The van der Waals surface area contributed by atoms with Gasteiger partial charge in [-0.2, -0.15) is 0 Å². The molecule has 5 nitrogen and oxygen atoms in total. The van der Waals surface area contributed by atoms with Crippen molar-refractivity contribution < 1.29 is 14.3 Å². The smallest absolute Gasteiger partial charge is 0.412 e. The topological polar surface area (TPSA) is 59.6 Å². The predicted octanol–water partition coefficient (Wildman–Crippen LogP) is 2.38. The van der Waals surface area contributed by atoms with Crippen molar-refractivity contribution >= 4 is 11.8 Å². The van der Waals surface area contributed by atoms with Crippen molar-refractivity contribution in [2.24, 2.45) is 0 Å². The Morgan fingerprint density at radius 2 is 2.11 bits per heavy atom. The number of hydrogen-bond acceptors (Lipinski definition) is 4. The maximum atomic E-state index is 11.6. The van der Waals surface area contributed by atoms with Gasteiger partial charge in [-0.25, -0.2) is 4.79 Å². The molecule has 2 rings (SSSR count). The number of nitrogens with one attached hydrogen (secondary N) is 2. The van der Waals surface area contributed by atoms with E-state index in [1.54, 1.807) is 12.1 Å². The Hall–Kier alpha value is -1.75. The van der Waals surface area contributed by atoms with Gasteiger partial charge in [0.1, 0.15) is 17.5 Å². The van der Waals surface area contributed by atoms with Gasteiger partial charge in [0.05, 0.1) is 0 Å². The number of carbonyl (C=O) groups excluding carboxylic acids is 1. The summed E-state index contributed by atoms with van der Waals surface area (Å²) in [7, 11) is 0. The minimum Gasteiger partial charge on any atom is -0.488 e. The van der Waals surface area contributed by atoms with E-state index in [4.69, 9.17) is 9.47 Å². The van der Waals surface area contributed by atoms with Gasteiger partial charge in [-0.3, -0.25) is 5.32 Å². The Kier molecular flexibility index (Phi) is 3.95. The average Bonchev–Trinajstić information content (AvgIpc) is 2.21. The summed E-state index contributed by atoms with van der Waals surface area (Å²) in [5.74, 6) is 0.750. The van der Waals surface area contributed by atoms with Crippen LogP contribution in [0.5, 0.6) is 5.75 Å². The molecule has 5 heteroatoms. The van der Waals surface area contributed by atoms with E-state index in [1.807, 2.05) is 32.9 Å². The molecule has 1 aliphatic heterocycles. The predicted molar refractivity (Wildman–Crippen MR) is 73.6 cm³/mol. The van der Waals surface area contributed by atoms with Gasteiger partial charge in [-0.15, -0.1) is 0 Å². The van der Waals surface area contributed by atoms with Gasteiger partial charge in [-0.05, 0) is 32.9 Å². The van der Waals surface area contributed by atoms with E-state index >= 15 is 0 Å². The largest absolute Gasteiger partial charge is 0.488 e. The summed E-state index contributed by atoms with van der Waals surface area (Å²) in [5, 5.41) is 5.83. The minimum absolute atomic E-state index is 0.219. The molecular formula is C14H20N2O3. The zero-order chi connectivity index (χ0) is 13.9. The van der Waals surface area contributed by atoms with Gasteiger partial charge in [0.15, 0.2) is 0 Å². The van der Waals surface area contributed by atoms with Crippen molar-refractivity contribution in [1.29, 1.82) is 0 Å². The van der Waals surface area contributed by atoms with E-state index in [0.717, 1.165) is 18.8 Å². The van der Waals surface area contributed by atoms with Crippen molar-refractivity contribution in [2.45, 2.75) is 32.5 Å². The van der Waals surface area contributed by atoms with Gasteiger partial charge < -0.3 is 14.8 Å². The molecule has 2 N–H and O–H groups in total. The number of anilines is 1. The Morgan fingerprint density at radius 1 is 1.37 bits per heavy atom. The van der Waals surface area contributed by atoms with Crippen LogP contribution in [0.15, 0.2) is 24.3 Å². The molecule has 1 aliphatic rings. The molecular weight excluding hydrogens is 244 g/mol. The van der Waals surface area contributed by atoms with Gasteiger partial charge in [0.2, 0.25) is 0 Å². The third-order valence-electron chi connectivity index (χ3n) is 2.53. The van der Waals surface area contributed by atoms with Crippen LogP contribution < -0.4 is 15.4 Å². The van der Waals surface area contributed by atoms with Crippen LogP contribution in [0.25, 0.3) is 0 Å². The lowest BCUT2D eigenvalue weighted by molar-refractivity contribution is 0.0636. The standard InChI is InChI=1S/C14H20N2O3/c1-14(2,3)19-13(17)16-10-5-4-6-11(7-10)18-12-8-15-9-12/h4-7,12,15H,8-9H2,1-3H3,(H,16,17). The molecule has 0 aromatic heterocycles. The first-order valence-corrected chi connectivity index (χ1v) is 6.40. The fourth-order valence-corrected chi connectivity index (χ4v) is 1.61. The molecule has 0 bridgehead atoms. The SMILES string of the molecule is CC(C)(C)OC(=O)Nc1cccc(OC2CNC2)c1. The van der Waals surface area contributed by atoms with Crippen molar-refractivity contribution in [3.05, 3.63) is 24.3 Å². The fourth-order valence-electron chi connectivity index (χ4n) is 1.61. The molecule has 0 spiro atoms. The van der Waals surface area contributed by atoms with E-state index in [2.05, 4.69) is 10.6 Å². The molecule has 1 amide bonds. The highest BCUT2D eigenvalue weighted by atomic mass is 16.6. The summed E-state index contributed by atoms with van der Waals surface area (Å²) >= 11 is 0. The van der Waals surface area contributed by atoms with Crippen molar-refractivity contribution in [1.82, 2.24) is 5.32 Å². The third-order valence-corrected chi connectivity index (χ3v) is 2.53. The summed E-state index contributed by atoms with van der Waals surface area (Å²) < 4.78 is 10.9. The third kappa shape index (κ3) is 4.44. The van der Waals surface area contributed by atoms with E-state index in [-0.39, 0.29) is 6.10 Å². The number of carbonyl (C=O) groups is 1. The molecule has 1 saturated heterocycles. The van der Waals surface area contributed by atoms with Crippen molar-refractivity contribution in [3.8, 4) is 5.75 Å². The summed E-state index contributed by atoms with van der Waals surface area (Å²) in [6.45, 7) is 7.22. The lowest BCUT2D eigenvalue weighted by Gasteiger charge is -2.28. The number of rotatable bonds is 3. The molecule has 1 aromatic carbocycles. The zero-order valence-corrected chi connectivity index (χ0v) is 11.5. The van der Waals surface area contributed by atoms with Crippen LogP contribution in [0.4, 0.5) is 10.5 Å². The maximum absolute atomic E-state index is 11.6. The Morgan fingerprint density at radius 3 is 2.68 bits per heavy atom. The first-order chi connectivity index (χ1) is 8.92. The highest BCUT2D eigenvalue weighted by Crippen LogP contribution is 2.20. The van der Waals surface area contributed by atoms with Crippen molar-refractivity contribution in [3.63, 3.8) is 0 Å². The molecule has 0 radical (unpaired) electrons. The minimum atomic E-state index is -0.504. The maximum Gasteiger partial charge on any atom is 0.412 e. The van der Waals surface area contributed by atoms with E-state index in [0.29, 0.717) is 5.69 Å². The molecule has 1 aromatic rings. The van der Waals surface area contributed by atoms with Crippen LogP contribution in [0, 0.1) is 0 Å². The van der Waals surface area contributed by atoms with Gasteiger partial charge in [0.25, 0.3) is 0 Å². The quantitative estimate of drug-likeness (QED) is 0.880. The monoisotopic (exact) mass is 264 g/mol. The molecule has 104 valence electrons. The van der Waals surface area contributed by atoms with Crippen LogP contribution in [0.1, 0.15) is 20.8 Å². The Balaban J connectivity index is 1.92. The molecule has 1 fully saturated rings. The highest BCUT2D eigenvalue weighted by molar-refractivity contribution is 5.85. The first-order valence-electron chi connectivity index (χ1n) is 6.40. The summed E-state index contributed by atoms with van der Waals surface area (Å²) in [6.07, 6.45) is -0.244. The average molecular weight is 264 g/mol. The molecule has 19 heavy (non-hydrogen) atoms. The second-order valence-corrected chi connectivity index (χ2v) is 5.55. The number of ether oxygens (including phenoxy) is 2.